The standard InChI is InChI=1S/C48H34N2/c1-48(2)41-24-11-10-19-35(41)36-28-27-33(30-42(36)48)46-39-22-8-6-20-37(39)45(38-21-7-9-23-40(38)46)32-17-14-18-34(29-32)50-44-26-13-12-25-43(44)49-47(50)31-15-4-3-5-16-31/h3-30H,1-2H3/i1D3,2D3,6D,7D,8D,9D,20D,21D,22D,23D. The maximum absolute atomic E-state index is 9.51. The van der Waals surface area contributed by atoms with Crippen LogP contribution < -0.4 is 0 Å². The lowest BCUT2D eigenvalue weighted by Gasteiger charge is -2.23. The molecule has 1 heterocycles. The quantitative estimate of drug-likeness (QED) is 0.173. The maximum Gasteiger partial charge on any atom is 0.145 e. The fourth-order valence-corrected chi connectivity index (χ4v) is 7.51. The Morgan fingerprint density at radius 1 is 0.540 bits per heavy atom. The minimum absolute atomic E-state index is 0.0281. The normalized spacial score (nSPS) is 17.7. The molecule has 0 spiro atoms. The van der Waals surface area contributed by atoms with E-state index in [1.165, 1.54) is 12.1 Å². The van der Waals surface area contributed by atoms with E-state index in [-0.39, 0.29) is 49.4 Å². The van der Waals surface area contributed by atoms with Crippen LogP contribution >= 0.6 is 0 Å². The zero-order chi connectivity index (χ0) is 45.4. The Bertz CT molecular complexity index is 3370. The molecule has 0 radical (unpaired) electrons. The monoisotopic (exact) mass is 652 g/mol. The molecule has 0 amide bonds. The summed E-state index contributed by atoms with van der Waals surface area (Å²) in [6, 6.07) is 30.9. The Kier molecular flexibility index (Phi) is 3.91. The Morgan fingerprint density at radius 3 is 1.86 bits per heavy atom. The van der Waals surface area contributed by atoms with E-state index < -0.39 is 67.5 Å². The largest absolute Gasteiger partial charge is 0.292 e. The summed E-state index contributed by atoms with van der Waals surface area (Å²) in [6.07, 6.45) is 0. The van der Waals surface area contributed by atoms with Gasteiger partial charge in [-0.1, -0.05) is 153 Å². The zero-order valence-corrected chi connectivity index (χ0v) is 26.4. The molecule has 1 aliphatic carbocycles. The summed E-state index contributed by atoms with van der Waals surface area (Å²) in [5, 5.41) is -0.274. The van der Waals surface area contributed by atoms with Gasteiger partial charge in [0.2, 0.25) is 0 Å². The van der Waals surface area contributed by atoms with Gasteiger partial charge in [0.15, 0.2) is 0 Å². The molecule has 50 heavy (non-hydrogen) atoms. The highest BCUT2D eigenvalue weighted by molar-refractivity contribution is 6.21. The third-order valence-electron chi connectivity index (χ3n) is 9.69. The Balaban J connectivity index is 1.37. The fraction of sp³-hybridized carbons (Fsp3) is 0.0625. The van der Waals surface area contributed by atoms with Crippen LogP contribution in [0.15, 0.2) is 170 Å². The fourth-order valence-electron chi connectivity index (χ4n) is 7.51. The highest BCUT2D eigenvalue weighted by atomic mass is 15.1. The van der Waals surface area contributed by atoms with Crippen LogP contribution in [0.1, 0.15) is 44.0 Å². The molecular formula is C48H34N2. The second-order valence-electron chi connectivity index (χ2n) is 12.5. The second kappa shape index (κ2) is 10.9. The van der Waals surface area contributed by atoms with Crippen LogP contribution in [0.2, 0.25) is 0 Å². The van der Waals surface area contributed by atoms with Crippen molar-refractivity contribution in [2.24, 2.45) is 0 Å². The number of hydrogen-bond acceptors (Lipinski definition) is 1. The lowest BCUT2D eigenvalue weighted by Crippen LogP contribution is -2.14. The lowest BCUT2D eigenvalue weighted by molar-refractivity contribution is 0.660. The van der Waals surface area contributed by atoms with E-state index in [4.69, 9.17) is 18.7 Å². The molecular weight excluding hydrogens is 605 g/mol. The van der Waals surface area contributed by atoms with Gasteiger partial charge in [0.1, 0.15) is 5.82 Å². The molecule has 0 aliphatic heterocycles. The number of hydrogen-bond donors (Lipinski definition) is 0. The van der Waals surface area contributed by atoms with Gasteiger partial charge in [-0.25, -0.2) is 4.98 Å². The van der Waals surface area contributed by atoms with Crippen molar-refractivity contribution >= 4 is 32.6 Å². The van der Waals surface area contributed by atoms with Crippen molar-refractivity contribution in [3.8, 4) is 50.5 Å². The van der Waals surface area contributed by atoms with E-state index in [0.717, 1.165) is 11.1 Å². The summed E-state index contributed by atoms with van der Waals surface area (Å²) >= 11 is 0. The number of aromatic nitrogens is 2. The van der Waals surface area contributed by atoms with Gasteiger partial charge < -0.3 is 0 Å². The van der Waals surface area contributed by atoms with Crippen molar-refractivity contribution in [1.29, 1.82) is 0 Å². The molecule has 0 atom stereocenters. The van der Waals surface area contributed by atoms with E-state index in [1.807, 2.05) is 65.2 Å². The molecule has 8 aromatic carbocycles. The van der Waals surface area contributed by atoms with Gasteiger partial charge in [-0.05, 0) is 96.4 Å². The maximum atomic E-state index is 9.51. The number of fused-ring (bicyclic) bond motifs is 6. The van der Waals surface area contributed by atoms with Crippen LogP contribution in [0.5, 0.6) is 0 Å². The predicted molar refractivity (Wildman–Crippen MR) is 210 cm³/mol. The number of para-hydroxylation sites is 2. The molecule has 0 unspecified atom stereocenters. The van der Waals surface area contributed by atoms with Crippen molar-refractivity contribution in [2.75, 3.05) is 0 Å². The Labute approximate surface area is 311 Å². The first kappa shape index (κ1) is 17.9. The number of imidazole rings is 1. The highest BCUT2D eigenvalue weighted by Crippen LogP contribution is 2.51. The van der Waals surface area contributed by atoms with Crippen LogP contribution in [0, 0.1) is 0 Å². The number of nitrogens with zero attached hydrogens (tertiary/aromatic N) is 2. The molecule has 9 aromatic rings. The first-order chi connectivity index (χ1) is 30.4. The summed E-state index contributed by atoms with van der Waals surface area (Å²) < 4.78 is 129. The molecule has 2 heteroatoms. The summed E-state index contributed by atoms with van der Waals surface area (Å²) in [5.74, 6) is 0.622. The smallest absolute Gasteiger partial charge is 0.145 e. The van der Waals surface area contributed by atoms with Crippen LogP contribution in [-0.4, -0.2) is 9.55 Å². The first-order valence-corrected chi connectivity index (χ1v) is 16.2. The van der Waals surface area contributed by atoms with E-state index in [1.54, 1.807) is 48.5 Å². The molecule has 236 valence electrons. The summed E-state index contributed by atoms with van der Waals surface area (Å²) in [4.78, 5) is 4.97. The van der Waals surface area contributed by atoms with Crippen molar-refractivity contribution in [3.05, 3.63) is 181 Å². The van der Waals surface area contributed by atoms with Gasteiger partial charge in [0.25, 0.3) is 0 Å². The average molecular weight is 653 g/mol. The molecule has 10 rings (SSSR count). The van der Waals surface area contributed by atoms with Crippen molar-refractivity contribution in [3.63, 3.8) is 0 Å². The van der Waals surface area contributed by atoms with Crippen molar-refractivity contribution in [1.82, 2.24) is 9.55 Å². The predicted octanol–water partition coefficient (Wildman–Crippen LogP) is 12.6. The zero-order valence-electron chi connectivity index (χ0n) is 40.4. The van der Waals surface area contributed by atoms with Gasteiger partial charge in [-0.15, -0.1) is 0 Å². The lowest BCUT2D eigenvalue weighted by atomic mass is 9.80. The molecule has 0 saturated carbocycles. The third-order valence-corrected chi connectivity index (χ3v) is 9.69. The van der Waals surface area contributed by atoms with Crippen LogP contribution in [0.3, 0.4) is 0 Å². The first-order valence-electron chi connectivity index (χ1n) is 23.2. The van der Waals surface area contributed by atoms with Crippen molar-refractivity contribution < 1.29 is 19.2 Å². The third kappa shape index (κ3) is 4.18. The molecule has 2 nitrogen and oxygen atoms in total. The van der Waals surface area contributed by atoms with Gasteiger partial charge in [0, 0.05) is 24.9 Å². The van der Waals surface area contributed by atoms with E-state index in [9.17, 15) is 5.48 Å². The van der Waals surface area contributed by atoms with Crippen LogP contribution in [-0.2, 0) is 5.41 Å². The SMILES string of the molecule is [2H]c1c([2H])c([2H])c2c(-c3ccc4c(c3)C(C([2H])([2H])[2H])(C([2H])([2H])[2H])c3ccccc3-4)c3c([2H])c([2H])c([2H])c([2H])c3c(-c3cccc(-n4c(-c5ccccc5)nc5ccccc54)c3)c2c1[2H]. The molecule has 1 aromatic heterocycles. The number of rotatable bonds is 4. The second-order valence-corrected chi connectivity index (χ2v) is 12.5. The molecule has 0 N–H and O–H groups in total. The molecule has 0 fully saturated rings. The minimum atomic E-state index is -3.12. The van der Waals surface area contributed by atoms with Crippen molar-refractivity contribution in [2.45, 2.75) is 19.1 Å². The van der Waals surface area contributed by atoms with E-state index in [2.05, 4.69) is 0 Å². The van der Waals surface area contributed by atoms with Crippen LogP contribution in [0.4, 0.5) is 0 Å². The van der Waals surface area contributed by atoms with Gasteiger partial charge >= 0.3 is 0 Å². The summed E-state index contributed by atoms with van der Waals surface area (Å²) in [5.41, 5.74) is 1.74. The molecule has 0 saturated heterocycles. The van der Waals surface area contributed by atoms with E-state index >= 15 is 0 Å². The summed E-state index contributed by atoms with van der Waals surface area (Å²) in [6.45, 7) is -6.24. The summed E-state index contributed by atoms with van der Waals surface area (Å²) in [7, 11) is 0. The molecule has 0 bridgehead atoms. The number of benzene rings is 8. The minimum Gasteiger partial charge on any atom is -0.292 e. The highest BCUT2D eigenvalue weighted by Gasteiger charge is 2.35. The topological polar surface area (TPSA) is 17.8 Å². The van der Waals surface area contributed by atoms with E-state index in [0.29, 0.717) is 33.7 Å². The van der Waals surface area contributed by atoms with Crippen LogP contribution in [0.25, 0.3) is 83.0 Å². The Morgan fingerprint density at radius 2 is 1.14 bits per heavy atom. The Hall–Kier alpha value is -6.25. The van der Waals surface area contributed by atoms with Gasteiger partial charge in [0.05, 0.1) is 22.0 Å². The molecule has 1 aliphatic rings. The van der Waals surface area contributed by atoms with Gasteiger partial charge in [-0.3, -0.25) is 4.57 Å². The average Bonchev–Trinajstić information content (AvgIpc) is 3.83. The van der Waals surface area contributed by atoms with Gasteiger partial charge in [-0.2, -0.15) is 0 Å².